The van der Waals surface area contributed by atoms with Gasteiger partial charge in [0.2, 0.25) is 5.95 Å². The molecule has 126 valence electrons. The fourth-order valence-corrected chi connectivity index (χ4v) is 3.56. The number of carbonyl (C=O) groups is 1. The number of fused-ring (bicyclic) bond motifs is 1. The maximum atomic E-state index is 12.8. The van der Waals surface area contributed by atoms with Gasteiger partial charge in [0.25, 0.3) is 0 Å². The van der Waals surface area contributed by atoms with Crippen LogP contribution in [0.1, 0.15) is 24.1 Å². The van der Waals surface area contributed by atoms with E-state index in [1.807, 2.05) is 47.2 Å². The molecule has 0 saturated carbocycles. The molecule has 1 aromatic carbocycles. The average molecular weight is 353 g/mol. The van der Waals surface area contributed by atoms with E-state index in [0.29, 0.717) is 23.8 Å². The SMILES string of the molecule is CCOC(=O)C1=C(c2ccccc2)Nc2nnnn2[C@H]1c1ccsc1. The first-order valence-corrected chi connectivity index (χ1v) is 8.77. The molecule has 0 spiro atoms. The summed E-state index contributed by atoms with van der Waals surface area (Å²) in [5.41, 5.74) is 2.97. The Hall–Kier alpha value is -3.00. The van der Waals surface area contributed by atoms with Crippen LogP contribution in [0.5, 0.6) is 0 Å². The summed E-state index contributed by atoms with van der Waals surface area (Å²) in [6.45, 7) is 2.09. The molecule has 0 saturated heterocycles. The molecule has 8 heteroatoms. The number of carbonyl (C=O) groups excluding carboxylic acids is 1. The maximum Gasteiger partial charge on any atom is 0.338 e. The zero-order valence-corrected chi connectivity index (χ0v) is 14.2. The summed E-state index contributed by atoms with van der Waals surface area (Å²) >= 11 is 1.56. The van der Waals surface area contributed by atoms with Crippen molar-refractivity contribution in [3.63, 3.8) is 0 Å². The summed E-state index contributed by atoms with van der Waals surface area (Å²) in [6.07, 6.45) is 0. The van der Waals surface area contributed by atoms with Gasteiger partial charge in [0, 0.05) is 0 Å². The Morgan fingerprint density at radius 3 is 2.88 bits per heavy atom. The number of anilines is 1. The highest BCUT2D eigenvalue weighted by molar-refractivity contribution is 7.08. The van der Waals surface area contributed by atoms with Crippen molar-refractivity contribution in [2.24, 2.45) is 0 Å². The van der Waals surface area contributed by atoms with Crippen molar-refractivity contribution in [1.82, 2.24) is 20.2 Å². The zero-order chi connectivity index (χ0) is 17.2. The van der Waals surface area contributed by atoms with Crippen molar-refractivity contribution < 1.29 is 9.53 Å². The Morgan fingerprint density at radius 1 is 1.32 bits per heavy atom. The number of rotatable bonds is 4. The molecular formula is C17H15N5O2S. The Morgan fingerprint density at radius 2 is 2.16 bits per heavy atom. The van der Waals surface area contributed by atoms with E-state index in [-0.39, 0.29) is 5.97 Å². The summed E-state index contributed by atoms with van der Waals surface area (Å²) in [5.74, 6) is 0.106. The number of esters is 1. The number of nitrogens with one attached hydrogen (secondary N) is 1. The van der Waals surface area contributed by atoms with Crippen molar-refractivity contribution in [2.45, 2.75) is 13.0 Å². The van der Waals surface area contributed by atoms with E-state index < -0.39 is 6.04 Å². The van der Waals surface area contributed by atoms with Crippen LogP contribution in [-0.2, 0) is 9.53 Å². The third-order valence-corrected chi connectivity index (χ3v) is 4.64. The maximum absolute atomic E-state index is 12.8. The van der Waals surface area contributed by atoms with Gasteiger partial charge in [0.05, 0.1) is 17.9 Å². The Balaban J connectivity index is 1.95. The predicted octanol–water partition coefficient (Wildman–Crippen LogP) is 2.72. The number of aromatic nitrogens is 4. The van der Waals surface area contributed by atoms with Gasteiger partial charge in [-0.05, 0) is 45.3 Å². The molecule has 0 amide bonds. The van der Waals surface area contributed by atoms with E-state index in [4.69, 9.17) is 4.74 Å². The molecule has 0 fully saturated rings. The van der Waals surface area contributed by atoms with Gasteiger partial charge in [0.1, 0.15) is 6.04 Å². The fourth-order valence-electron chi connectivity index (χ4n) is 2.88. The normalized spacial score (nSPS) is 16.3. The first-order valence-electron chi connectivity index (χ1n) is 7.83. The minimum atomic E-state index is -0.438. The van der Waals surface area contributed by atoms with Crippen molar-refractivity contribution >= 4 is 29.0 Å². The molecule has 2 aromatic heterocycles. The molecule has 1 aliphatic rings. The van der Waals surface area contributed by atoms with Crippen LogP contribution in [0.15, 0.2) is 52.7 Å². The summed E-state index contributed by atoms with van der Waals surface area (Å²) in [6, 6.07) is 11.2. The first kappa shape index (κ1) is 15.5. The molecule has 1 aliphatic heterocycles. The lowest BCUT2D eigenvalue weighted by atomic mass is 9.94. The Kier molecular flexibility index (Phi) is 4.02. The number of hydrogen-bond donors (Lipinski definition) is 1. The molecule has 4 rings (SSSR count). The van der Waals surface area contributed by atoms with Crippen LogP contribution in [0.4, 0.5) is 5.95 Å². The van der Waals surface area contributed by atoms with Gasteiger partial charge in [-0.2, -0.15) is 16.0 Å². The van der Waals surface area contributed by atoms with Gasteiger partial charge in [-0.25, -0.2) is 4.79 Å². The molecule has 7 nitrogen and oxygen atoms in total. The van der Waals surface area contributed by atoms with E-state index >= 15 is 0 Å². The molecule has 25 heavy (non-hydrogen) atoms. The van der Waals surface area contributed by atoms with Crippen LogP contribution in [0.25, 0.3) is 5.70 Å². The van der Waals surface area contributed by atoms with Gasteiger partial charge >= 0.3 is 5.97 Å². The smallest absolute Gasteiger partial charge is 0.338 e. The van der Waals surface area contributed by atoms with E-state index in [1.165, 1.54) is 0 Å². The highest BCUT2D eigenvalue weighted by Gasteiger charge is 2.36. The van der Waals surface area contributed by atoms with Gasteiger partial charge in [-0.1, -0.05) is 35.4 Å². The summed E-state index contributed by atoms with van der Waals surface area (Å²) < 4.78 is 6.95. The minimum Gasteiger partial charge on any atom is -0.463 e. The lowest BCUT2D eigenvalue weighted by Gasteiger charge is -2.28. The molecule has 1 atom stereocenters. The molecular weight excluding hydrogens is 338 g/mol. The molecule has 0 unspecified atom stereocenters. The van der Waals surface area contributed by atoms with Gasteiger partial charge < -0.3 is 10.1 Å². The largest absolute Gasteiger partial charge is 0.463 e. The minimum absolute atomic E-state index is 0.295. The third-order valence-electron chi connectivity index (χ3n) is 3.93. The van der Waals surface area contributed by atoms with E-state index in [2.05, 4.69) is 20.8 Å². The highest BCUT2D eigenvalue weighted by atomic mass is 32.1. The monoisotopic (exact) mass is 353 g/mol. The van der Waals surface area contributed by atoms with Gasteiger partial charge in [-0.3, -0.25) is 0 Å². The second-order valence-electron chi connectivity index (χ2n) is 5.41. The molecule has 0 radical (unpaired) electrons. The summed E-state index contributed by atoms with van der Waals surface area (Å²) in [5, 5.41) is 19.0. The van der Waals surface area contributed by atoms with Crippen LogP contribution in [0, 0.1) is 0 Å². The second kappa shape index (κ2) is 6.48. The zero-order valence-electron chi connectivity index (χ0n) is 13.4. The van der Waals surface area contributed by atoms with Crippen LogP contribution in [0.2, 0.25) is 0 Å². The lowest BCUT2D eigenvalue weighted by molar-refractivity contribution is -0.138. The predicted molar refractivity (Wildman–Crippen MR) is 93.9 cm³/mol. The van der Waals surface area contributed by atoms with Crippen molar-refractivity contribution in [1.29, 1.82) is 0 Å². The number of ether oxygens (including phenoxy) is 1. The Bertz CT molecular complexity index is 918. The molecule has 3 aromatic rings. The van der Waals surface area contributed by atoms with Crippen LogP contribution < -0.4 is 5.32 Å². The molecule has 1 N–H and O–H groups in total. The number of tetrazole rings is 1. The van der Waals surface area contributed by atoms with E-state index in [0.717, 1.165) is 11.1 Å². The Labute approximate surface area is 147 Å². The van der Waals surface area contributed by atoms with Crippen molar-refractivity contribution in [2.75, 3.05) is 11.9 Å². The third kappa shape index (κ3) is 2.70. The lowest BCUT2D eigenvalue weighted by Crippen LogP contribution is -2.29. The van der Waals surface area contributed by atoms with Crippen LogP contribution in [-0.4, -0.2) is 32.8 Å². The first-order chi connectivity index (χ1) is 12.3. The van der Waals surface area contributed by atoms with Crippen molar-refractivity contribution in [3.8, 4) is 0 Å². The summed E-state index contributed by atoms with van der Waals surface area (Å²) in [7, 11) is 0. The number of hydrogen-bond acceptors (Lipinski definition) is 7. The average Bonchev–Trinajstić information content (AvgIpc) is 3.32. The fraction of sp³-hybridized carbons (Fsp3) is 0.176. The molecule has 3 heterocycles. The standard InChI is InChI=1S/C17H15N5O2S/c1-2-24-16(23)13-14(11-6-4-3-5-7-11)18-17-19-20-21-22(17)15(13)12-8-9-25-10-12/h3-10,15H,2H2,1H3,(H,18,19,21)/t15-/m0/s1. The van der Waals surface area contributed by atoms with Gasteiger partial charge in [-0.15, -0.1) is 0 Å². The number of nitrogens with zero attached hydrogens (tertiary/aromatic N) is 4. The quantitative estimate of drug-likeness (QED) is 0.726. The van der Waals surface area contributed by atoms with E-state index in [9.17, 15) is 4.79 Å². The number of benzene rings is 1. The van der Waals surface area contributed by atoms with Crippen LogP contribution >= 0.6 is 11.3 Å². The highest BCUT2D eigenvalue weighted by Crippen LogP contribution is 2.39. The topological polar surface area (TPSA) is 81.9 Å². The van der Waals surface area contributed by atoms with Crippen LogP contribution in [0.3, 0.4) is 0 Å². The van der Waals surface area contributed by atoms with Gasteiger partial charge in [0.15, 0.2) is 0 Å². The van der Waals surface area contributed by atoms with Crippen molar-refractivity contribution in [3.05, 3.63) is 63.9 Å². The molecule has 0 aliphatic carbocycles. The number of thiophene rings is 1. The molecule has 0 bridgehead atoms. The summed E-state index contributed by atoms with van der Waals surface area (Å²) in [4.78, 5) is 12.8. The van der Waals surface area contributed by atoms with E-state index in [1.54, 1.807) is 22.9 Å². The second-order valence-corrected chi connectivity index (χ2v) is 6.19.